The number of hydrogen-bond acceptors (Lipinski definition) is 6. The van der Waals surface area contributed by atoms with Crippen LogP contribution in [0.2, 0.25) is 0 Å². The predicted molar refractivity (Wildman–Crippen MR) is 132 cm³/mol. The molecule has 7 nitrogen and oxygen atoms in total. The summed E-state index contributed by atoms with van der Waals surface area (Å²) < 4.78 is 33.3. The fraction of sp³-hybridized carbons (Fsp3) is 0.519. The Hall–Kier alpha value is -2.91. The van der Waals surface area contributed by atoms with E-state index in [0.29, 0.717) is 19.0 Å². The molecule has 5 heterocycles. The molecule has 0 saturated carbocycles. The molecule has 1 spiro atoms. The second kappa shape index (κ2) is 9.19. The highest BCUT2D eigenvalue weighted by atomic mass is 19.3. The van der Waals surface area contributed by atoms with Crippen molar-refractivity contribution < 1.29 is 18.3 Å². The van der Waals surface area contributed by atoms with Crippen molar-refractivity contribution in [2.75, 3.05) is 31.1 Å². The van der Waals surface area contributed by atoms with Crippen molar-refractivity contribution in [3.05, 3.63) is 53.5 Å². The number of aromatic amines is 1. The number of anilines is 1. The lowest BCUT2D eigenvalue weighted by Crippen LogP contribution is -2.45. The molecule has 1 N–H and O–H groups in total. The van der Waals surface area contributed by atoms with E-state index in [2.05, 4.69) is 25.9 Å². The number of nitrogens with zero attached hydrogens (tertiary/aromatic N) is 4. The molecule has 190 valence electrons. The average molecular weight is 496 g/mol. The Bertz CT molecular complexity index is 1240. The van der Waals surface area contributed by atoms with Crippen LogP contribution >= 0.6 is 0 Å². The van der Waals surface area contributed by atoms with Gasteiger partial charge >= 0.3 is 0 Å². The number of para-hydroxylation sites is 1. The lowest BCUT2D eigenvalue weighted by atomic mass is 9.86. The molecule has 9 heteroatoms. The van der Waals surface area contributed by atoms with Crippen LogP contribution in [0.3, 0.4) is 0 Å². The first-order valence-electron chi connectivity index (χ1n) is 12.8. The SMILES string of the molecule is C[C@@H]1Cc2c([nH]c3ccccc23)[C@@H](c2cnc(N3CCC4(CC3)CC(C=O)CO4)nc2)N1CC(F)F. The van der Waals surface area contributed by atoms with Crippen LogP contribution in [-0.2, 0) is 16.0 Å². The molecule has 36 heavy (non-hydrogen) atoms. The Labute approximate surface area is 208 Å². The Kier molecular flexibility index (Phi) is 6.00. The number of benzene rings is 1. The zero-order chi connectivity index (χ0) is 24.9. The first-order chi connectivity index (χ1) is 17.5. The Morgan fingerprint density at radius 1 is 1.22 bits per heavy atom. The molecular weight excluding hydrogens is 464 g/mol. The van der Waals surface area contributed by atoms with Crippen LogP contribution in [0.5, 0.6) is 0 Å². The second-order valence-corrected chi connectivity index (χ2v) is 10.5. The number of H-pyrrole nitrogens is 1. The van der Waals surface area contributed by atoms with Gasteiger partial charge in [0, 0.05) is 59.6 Å². The van der Waals surface area contributed by atoms with E-state index in [1.165, 1.54) is 5.56 Å². The number of carbonyl (C=O) groups is 1. The smallest absolute Gasteiger partial charge is 0.251 e. The number of halogens is 2. The summed E-state index contributed by atoms with van der Waals surface area (Å²) in [5, 5.41) is 1.15. The maximum atomic E-state index is 13.6. The van der Waals surface area contributed by atoms with Gasteiger partial charge in [-0.1, -0.05) is 18.2 Å². The van der Waals surface area contributed by atoms with E-state index < -0.39 is 6.43 Å². The minimum atomic E-state index is -2.43. The molecule has 1 aromatic carbocycles. The Morgan fingerprint density at radius 2 is 1.97 bits per heavy atom. The number of hydrogen-bond donors (Lipinski definition) is 1. The molecule has 2 aromatic heterocycles. The monoisotopic (exact) mass is 495 g/mol. The number of aldehydes is 1. The normalized spacial score (nSPS) is 26.1. The van der Waals surface area contributed by atoms with Gasteiger partial charge in [-0.25, -0.2) is 18.7 Å². The highest BCUT2D eigenvalue weighted by Crippen LogP contribution is 2.41. The number of ether oxygens (including phenoxy) is 1. The maximum Gasteiger partial charge on any atom is 0.251 e. The van der Waals surface area contributed by atoms with E-state index in [-0.39, 0.29) is 30.1 Å². The highest BCUT2D eigenvalue weighted by molar-refractivity contribution is 5.85. The number of nitrogens with one attached hydrogen (secondary N) is 1. The summed E-state index contributed by atoms with van der Waals surface area (Å²) >= 11 is 0. The number of aromatic nitrogens is 3. The summed E-state index contributed by atoms with van der Waals surface area (Å²) in [5.74, 6) is 0.635. The van der Waals surface area contributed by atoms with Gasteiger partial charge in [0.25, 0.3) is 6.43 Å². The van der Waals surface area contributed by atoms with Crippen molar-refractivity contribution in [1.82, 2.24) is 19.9 Å². The molecule has 3 aromatic rings. The van der Waals surface area contributed by atoms with Gasteiger partial charge in [0.1, 0.15) is 6.29 Å². The summed E-state index contributed by atoms with van der Waals surface area (Å²) in [5.41, 5.74) is 3.75. The fourth-order valence-electron chi connectivity index (χ4n) is 6.38. The zero-order valence-electron chi connectivity index (χ0n) is 20.4. The Balaban J connectivity index is 1.27. The number of alkyl halides is 2. The fourth-order valence-corrected chi connectivity index (χ4v) is 6.38. The van der Waals surface area contributed by atoms with E-state index in [1.807, 2.05) is 30.0 Å². The molecule has 3 aliphatic rings. The van der Waals surface area contributed by atoms with Gasteiger partial charge in [-0.3, -0.25) is 4.90 Å². The molecule has 0 amide bonds. The third kappa shape index (κ3) is 4.08. The molecule has 2 fully saturated rings. The summed E-state index contributed by atoms with van der Waals surface area (Å²) in [6.45, 7) is 3.74. The minimum Gasteiger partial charge on any atom is -0.374 e. The summed E-state index contributed by atoms with van der Waals surface area (Å²) in [4.78, 5) is 28.0. The van der Waals surface area contributed by atoms with Gasteiger partial charge in [-0.05, 0) is 44.2 Å². The average Bonchev–Trinajstić information content (AvgIpc) is 3.46. The van der Waals surface area contributed by atoms with E-state index in [0.717, 1.165) is 60.8 Å². The van der Waals surface area contributed by atoms with Crippen LogP contribution in [0.15, 0.2) is 36.7 Å². The third-order valence-electron chi connectivity index (χ3n) is 8.23. The van der Waals surface area contributed by atoms with Crippen molar-refractivity contribution in [2.24, 2.45) is 5.92 Å². The number of rotatable bonds is 5. The van der Waals surface area contributed by atoms with Gasteiger partial charge in [0.15, 0.2) is 0 Å². The number of carbonyl (C=O) groups excluding carboxylic acids is 1. The van der Waals surface area contributed by atoms with Crippen LogP contribution in [0.1, 0.15) is 49.0 Å². The second-order valence-electron chi connectivity index (χ2n) is 10.5. The molecule has 6 rings (SSSR count). The minimum absolute atomic E-state index is 0.00400. The first-order valence-corrected chi connectivity index (χ1v) is 12.8. The molecule has 1 unspecified atom stereocenters. The van der Waals surface area contributed by atoms with E-state index in [9.17, 15) is 13.6 Å². The molecule has 0 aliphatic carbocycles. The predicted octanol–water partition coefficient (Wildman–Crippen LogP) is 4.13. The summed E-state index contributed by atoms with van der Waals surface area (Å²) in [7, 11) is 0. The summed E-state index contributed by atoms with van der Waals surface area (Å²) in [6.07, 6.45) is 5.33. The van der Waals surface area contributed by atoms with Crippen molar-refractivity contribution in [1.29, 1.82) is 0 Å². The molecular formula is C27H31F2N5O2. The van der Waals surface area contributed by atoms with Crippen LogP contribution < -0.4 is 4.90 Å². The Morgan fingerprint density at radius 3 is 2.67 bits per heavy atom. The van der Waals surface area contributed by atoms with Crippen LogP contribution in [-0.4, -0.2) is 70.4 Å². The van der Waals surface area contributed by atoms with Crippen molar-refractivity contribution in [3.8, 4) is 0 Å². The van der Waals surface area contributed by atoms with Crippen LogP contribution in [0.25, 0.3) is 10.9 Å². The lowest BCUT2D eigenvalue weighted by Gasteiger charge is -2.41. The van der Waals surface area contributed by atoms with Gasteiger partial charge in [-0.2, -0.15) is 0 Å². The summed E-state index contributed by atoms with van der Waals surface area (Å²) in [6, 6.07) is 7.70. The molecule has 2 saturated heterocycles. The van der Waals surface area contributed by atoms with E-state index in [4.69, 9.17) is 4.74 Å². The number of piperidine rings is 1. The van der Waals surface area contributed by atoms with Crippen LogP contribution in [0.4, 0.5) is 14.7 Å². The first kappa shape index (κ1) is 23.5. The van der Waals surface area contributed by atoms with Crippen molar-refractivity contribution >= 4 is 23.1 Å². The van der Waals surface area contributed by atoms with Crippen molar-refractivity contribution in [3.63, 3.8) is 0 Å². The topological polar surface area (TPSA) is 74.3 Å². The van der Waals surface area contributed by atoms with Gasteiger partial charge in [-0.15, -0.1) is 0 Å². The lowest BCUT2D eigenvalue weighted by molar-refractivity contribution is -0.111. The van der Waals surface area contributed by atoms with Gasteiger partial charge in [0.05, 0.1) is 24.8 Å². The standard InChI is InChI=1S/C27H31F2N5O2/c1-17-10-21-20-4-2-3-5-22(20)32-24(21)25(34(17)14-23(28)29)19-12-30-26(31-13-19)33-8-6-27(7-9-33)11-18(15-35)16-36-27/h2-5,12-13,15,17-18,23,25,32H,6-11,14,16H2,1H3/t17-,18?,25-/m1/s1. The zero-order valence-corrected chi connectivity index (χ0v) is 20.4. The van der Waals surface area contributed by atoms with Crippen LogP contribution in [0, 0.1) is 5.92 Å². The third-order valence-corrected chi connectivity index (χ3v) is 8.23. The van der Waals surface area contributed by atoms with E-state index in [1.54, 1.807) is 12.4 Å². The molecule has 3 aliphatic heterocycles. The quantitative estimate of drug-likeness (QED) is 0.537. The van der Waals surface area contributed by atoms with E-state index >= 15 is 0 Å². The maximum absolute atomic E-state index is 13.6. The molecule has 0 bridgehead atoms. The molecule has 3 atom stereocenters. The number of fused-ring (bicyclic) bond motifs is 3. The molecule has 0 radical (unpaired) electrons. The highest BCUT2D eigenvalue weighted by Gasteiger charge is 2.43. The largest absolute Gasteiger partial charge is 0.374 e. The van der Waals surface area contributed by atoms with Gasteiger partial charge in [0.2, 0.25) is 5.95 Å². The van der Waals surface area contributed by atoms with Gasteiger partial charge < -0.3 is 19.4 Å². The van der Waals surface area contributed by atoms with Crippen molar-refractivity contribution in [2.45, 2.75) is 56.7 Å².